The molecule has 0 amide bonds. The van der Waals surface area contributed by atoms with Crippen molar-refractivity contribution in [3.63, 3.8) is 0 Å². The van der Waals surface area contributed by atoms with Gasteiger partial charge in [-0.15, -0.1) is 0 Å². The minimum Gasteiger partial charge on any atom is -0.348 e. The maximum Gasteiger partial charge on any atom is 0.225 e. The molecule has 0 aliphatic rings. The number of nitrogens with zero attached hydrogens (tertiary/aromatic N) is 3. The highest BCUT2D eigenvalue weighted by molar-refractivity contribution is 5.69. The molecule has 28 heavy (non-hydrogen) atoms. The Morgan fingerprint density at radius 3 is 2.57 bits per heavy atom. The summed E-state index contributed by atoms with van der Waals surface area (Å²) < 4.78 is 0. The van der Waals surface area contributed by atoms with Gasteiger partial charge in [-0.25, -0.2) is 4.98 Å². The largest absolute Gasteiger partial charge is 0.348 e. The standard InChI is InChI=1S/C24H26N4/c1-5-16-28(22-13-12-20(6-2)17-18(22)3)23-14-15-25-24(27-23)26-19(4)21-10-8-7-9-11-21/h7-15,17,19H,6H2,1-4H3,(H,25,26,27)/t19-/m0/s1. The molecule has 142 valence electrons. The Hall–Kier alpha value is -3.32. The van der Waals surface area contributed by atoms with Crippen LogP contribution in [0.25, 0.3) is 0 Å². The first-order valence-corrected chi connectivity index (χ1v) is 9.59. The van der Waals surface area contributed by atoms with Crippen molar-refractivity contribution < 1.29 is 0 Å². The third-order valence-corrected chi connectivity index (χ3v) is 4.65. The van der Waals surface area contributed by atoms with Gasteiger partial charge in [-0.1, -0.05) is 55.3 Å². The number of aromatic nitrogens is 2. The number of aryl methyl sites for hydroxylation is 2. The molecule has 0 aliphatic carbocycles. The van der Waals surface area contributed by atoms with Crippen molar-refractivity contribution >= 4 is 17.5 Å². The van der Waals surface area contributed by atoms with Gasteiger partial charge >= 0.3 is 0 Å². The predicted molar refractivity (Wildman–Crippen MR) is 117 cm³/mol. The van der Waals surface area contributed by atoms with Crippen LogP contribution in [0.5, 0.6) is 0 Å². The van der Waals surface area contributed by atoms with Crippen LogP contribution in [0.15, 0.2) is 60.8 Å². The van der Waals surface area contributed by atoms with Gasteiger partial charge in [-0.05, 0) is 49.9 Å². The molecular weight excluding hydrogens is 344 g/mol. The van der Waals surface area contributed by atoms with Gasteiger partial charge in [-0.2, -0.15) is 4.98 Å². The minimum absolute atomic E-state index is 0.104. The number of anilines is 3. The Balaban J connectivity index is 1.90. The van der Waals surface area contributed by atoms with E-state index in [4.69, 9.17) is 4.98 Å². The van der Waals surface area contributed by atoms with E-state index in [1.807, 2.05) is 36.1 Å². The van der Waals surface area contributed by atoms with Crippen molar-refractivity contribution in [2.24, 2.45) is 0 Å². The van der Waals surface area contributed by atoms with Crippen molar-refractivity contribution in [2.75, 3.05) is 10.2 Å². The van der Waals surface area contributed by atoms with Crippen LogP contribution >= 0.6 is 0 Å². The molecule has 0 spiro atoms. The lowest BCUT2D eigenvalue weighted by atomic mass is 10.1. The van der Waals surface area contributed by atoms with Gasteiger partial charge in [0.15, 0.2) is 0 Å². The Morgan fingerprint density at radius 2 is 1.89 bits per heavy atom. The van der Waals surface area contributed by atoms with E-state index < -0.39 is 0 Å². The van der Waals surface area contributed by atoms with Crippen LogP contribution in [-0.2, 0) is 6.42 Å². The maximum absolute atomic E-state index is 4.72. The van der Waals surface area contributed by atoms with Crippen LogP contribution in [0.2, 0.25) is 0 Å². The second-order valence-corrected chi connectivity index (χ2v) is 6.69. The molecular formula is C24H26N4. The third kappa shape index (κ3) is 4.50. The summed E-state index contributed by atoms with van der Waals surface area (Å²) in [6, 6.07) is 21.9. The van der Waals surface area contributed by atoms with Gasteiger partial charge in [0.05, 0.1) is 11.7 Å². The van der Waals surface area contributed by atoms with E-state index in [-0.39, 0.29) is 6.04 Å². The van der Waals surface area contributed by atoms with Gasteiger partial charge < -0.3 is 5.32 Å². The summed E-state index contributed by atoms with van der Waals surface area (Å²) in [4.78, 5) is 11.0. The topological polar surface area (TPSA) is 41.1 Å². The molecule has 3 rings (SSSR count). The fourth-order valence-electron chi connectivity index (χ4n) is 3.10. The molecule has 4 nitrogen and oxygen atoms in total. The highest BCUT2D eigenvalue weighted by Crippen LogP contribution is 2.28. The van der Waals surface area contributed by atoms with Gasteiger partial charge in [0.2, 0.25) is 5.95 Å². The molecule has 0 unspecified atom stereocenters. The van der Waals surface area contributed by atoms with E-state index in [0.29, 0.717) is 5.95 Å². The van der Waals surface area contributed by atoms with Crippen LogP contribution in [0.4, 0.5) is 17.5 Å². The molecule has 4 heteroatoms. The zero-order valence-electron chi connectivity index (χ0n) is 16.9. The molecule has 1 atom stereocenters. The van der Waals surface area contributed by atoms with Gasteiger partial charge in [0, 0.05) is 18.3 Å². The fourth-order valence-corrected chi connectivity index (χ4v) is 3.10. The average molecular weight is 371 g/mol. The summed E-state index contributed by atoms with van der Waals surface area (Å²) in [5, 5.41) is 3.38. The molecule has 0 aliphatic heterocycles. The van der Waals surface area contributed by atoms with Crippen molar-refractivity contribution in [1.82, 2.24) is 9.97 Å². The first-order chi connectivity index (χ1) is 13.6. The lowest BCUT2D eigenvalue weighted by molar-refractivity contribution is 0.860. The first kappa shape index (κ1) is 19.4. The molecule has 1 N–H and O–H groups in total. The zero-order chi connectivity index (χ0) is 19.9. The molecule has 1 aromatic heterocycles. The summed E-state index contributed by atoms with van der Waals surface area (Å²) in [5.74, 6) is 4.33. The Morgan fingerprint density at radius 1 is 1.11 bits per heavy atom. The van der Waals surface area contributed by atoms with Crippen molar-refractivity contribution in [2.45, 2.75) is 40.2 Å². The smallest absolute Gasteiger partial charge is 0.225 e. The van der Waals surface area contributed by atoms with Crippen molar-refractivity contribution in [1.29, 1.82) is 0 Å². The first-order valence-electron chi connectivity index (χ1n) is 9.59. The normalized spacial score (nSPS) is 11.3. The molecule has 0 fully saturated rings. The van der Waals surface area contributed by atoms with E-state index in [2.05, 4.69) is 73.4 Å². The van der Waals surface area contributed by atoms with E-state index in [9.17, 15) is 0 Å². The molecule has 3 aromatic rings. The summed E-state index contributed by atoms with van der Waals surface area (Å²) in [7, 11) is 0. The second-order valence-electron chi connectivity index (χ2n) is 6.69. The minimum atomic E-state index is 0.104. The number of hydrogen-bond donors (Lipinski definition) is 1. The Labute approximate surface area is 167 Å². The quantitative estimate of drug-likeness (QED) is 0.450. The zero-order valence-corrected chi connectivity index (χ0v) is 16.9. The molecule has 0 radical (unpaired) electrons. The lowest BCUT2D eigenvalue weighted by Gasteiger charge is -2.21. The average Bonchev–Trinajstić information content (AvgIpc) is 2.73. The molecule has 0 bridgehead atoms. The third-order valence-electron chi connectivity index (χ3n) is 4.65. The van der Waals surface area contributed by atoms with Gasteiger partial charge in [0.1, 0.15) is 5.82 Å². The molecule has 0 saturated carbocycles. The van der Waals surface area contributed by atoms with Crippen molar-refractivity contribution in [3.05, 3.63) is 77.5 Å². The predicted octanol–water partition coefficient (Wildman–Crippen LogP) is 5.64. The Bertz CT molecular complexity index is 986. The van der Waals surface area contributed by atoms with E-state index >= 15 is 0 Å². The van der Waals surface area contributed by atoms with Crippen LogP contribution < -0.4 is 10.2 Å². The molecule has 2 aromatic carbocycles. The van der Waals surface area contributed by atoms with E-state index in [1.54, 1.807) is 6.20 Å². The number of benzene rings is 2. The molecule has 1 heterocycles. The van der Waals surface area contributed by atoms with Gasteiger partial charge in [0.25, 0.3) is 0 Å². The number of rotatable bonds is 6. The summed E-state index contributed by atoms with van der Waals surface area (Å²) >= 11 is 0. The van der Waals surface area contributed by atoms with Crippen LogP contribution in [0.1, 0.15) is 43.5 Å². The number of nitrogens with one attached hydrogen (secondary N) is 1. The number of hydrogen-bond acceptors (Lipinski definition) is 4. The second kappa shape index (κ2) is 9.05. The van der Waals surface area contributed by atoms with Gasteiger partial charge in [-0.3, -0.25) is 4.90 Å². The monoisotopic (exact) mass is 370 g/mol. The van der Waals surface area contributed by atoms with Crippen molar-refractivity contribution in [3.8, 4) is 12.0 Å². The highest BCUT2D eigenvalue weighted by atomic mass is 15.2. The molecule has 0 saturated heterocycles. The summed E-state index contributed by atoms with van der Waals surface area (Å²) in [5.41, 5.74) is 4.71. The van der Waals surface area contributed by atoms with E-state index in [1.165, 1.54) is 16.7 Å². The summed E-state index contributed by atoms with van der Waals surface area (Å²) in [6.45, 7) is 8.20. The SMILES string of the molecule is CC#CN(c1ccnc(N[C@@H](C)c2ccccc2)n1)c1ccc(CC)cc1C. The van der Waals surface area contributed by atoms with E-state index in [0.717, 1.165) is 17.9 Å². The van der Waals surface area contributed by atoms with Crippen LogP contribution in [0, 0.1) is 18.9 Å². The van der Waals surface area contributed by atoms with Crippen LogP contribution in [-0.4, -0.2) is 9.97 Å². The fraction of sp³-hybridized carbons (Fsp3) is 0.250. The summed E-state index contributed by atoms with van der Waals surface area (Å²) in [6.07, 6.45) is 2.78. The maximum atomic E-state index is 4.72. The lowest BCUT2D eigenvalue weighted by Crippen LogP contribution is -2.15. The Kier molecular flexibility index (Phi) is 6.29. The highest BCUT2D eigenvalue weighted by Gasteiger charge is 2.14. The van der Waals surface area contributed by atoms with Crippen LogP contribution in [0.3, 0.4) is 0 Å².